The molecular formula is C17H23NO2. The molecule has 1 heterocycles. The summed E-state index contributed by atoms with van der Waals surface area (Å²) in [5, 5.41) is 3.51. The van der Waals surface area contributed by atoms with Crippen LogP contribution >= 0.6 is 0 Å². The van der Waals surface area contributed by atoms with Crippen LogP contribution in [0.4, 0.5) is 0 Å². The molecule has 0 radical (unpaired) electrons. The van der Waals surface area contributed by atoms with Crippen molar-refractivity contribution in [3.63, 3.8) is 0 Å². The van der Waals surface area contributed by atoms with Crippen molar-refractivity contribution in [3.05, 3.63) is 59.0 Å². The van der Waals surface area contributed by atoms with Crippen LogP contribution < -0.4 is 5.32 Å². The minimum absolute atomic E-state index is 0.189. The molecule has 1 N–H and O–H groups in total. The molecular weight excluding hydrogens is 250 g/mol. The number of nitrogens with one attached hydrogen (secondary N) is 1. The van der Waals surface area contributed by atoms with Crippen molar-refractivity contribution in [2.24, 2.45) is 0 Å². The highest BCUT2D eigenvalue weighted by Gasteiger charge is 2.14. The summed E-state index contributed by atoms with van der Waals surface area (Å²) in [5.74, 6) is 0.944. The van der Waals surface area contributed by atoms with E-state index >= 15 is 0 Å². The second kappa shape index (κ2) is 7.27. The number of aryl methyl sites for hydroxylation is 1. The number of rotatable bonds is 7. The Kier molecular flexibility index (Phi) is 5.39. The normalized spacial score (nSPS) is 12.6. The van der Waals surface area contributed by atoms with E-state index < -0.39 is 0 Å². The highest BCUT2D eigenvalue weighted by molar-refractivity contribution is 5.33. The van der Waals surface area contributed by atoms with Crippen molar-refractivity contribution in [1.29, 1.82) is 0 Å². The van der Waals surface area contributed by atoms with E-state index in [1.54, 1.807) is 7.11 Å². The molecule has 2 rings (SSSR count). The molecule has 1 unspecified atom stereocenters. The van der Waals surface area contributed by atoms with Crippen LogP contribution in [0.3, 0.4) is 0 Å². The molecule has 108 valence electrons. The van der Waals surface area contributed by atoms with Gasteiger partial charge in [0.1, 0.15) is 5.76 Å². The van der Waals surface area contributed by atoms with Gasteiger partial charge in [-0.3, -0.25) is 0 Å². The van der Waals surface area contributed by atoms with Crippen molar-refractivity contribution in [2.45, 2.75) is 26.3 Å². The number of ether oxygens (including phenoxy) is 1. The molecule has 3 nitrogen and oxygen atoms in total. The van der Waals surface area contributed by atoms with Crippen molar-refractivity contribution in [2.75, 3.05) is 20.3 Å². The fourth-order valence-corrected chi connectivity index (χ4v) is 2.34. The van der Waals surface area contributed by atoms with Crippen LogP contribution in [-0.2, 0) is 11.2 Å². The first-order chi connectivity index (χ1) is 9.74. The Morgan fingerprint density at radius 2 is 1.95 bits per heavy atom. The van der Waals surface area contributed by atoms with Crippen LogP contribution in [-0.4, -0.2) is 20.3 Å². The predicted molar refractivity (Wildman–Crippen MR) is 81.0 cm³/mol. The van der Waals surface area contributed by atoms with E-state index in [1.807, 2.05) is 13.2 Å². The lowest BCUT2D eigenvalue weighted by Gasteiger charge is -2.17. The average Bonchev–Trinajstić information content (AvgIpc) is 2.89. The van der Waals surface area contributed by atoms with E-state index in [0.717, 1.165) is 25.3 Å². The fraction of sp³-hybridized carbons (Fsp3) is 0.412. The third-order valence-corrected chi connectivity index (χ3v) is 3.40. The number of furan rings is 1. The minimum Gasteiger partial charge on any atom is -0.469 e. The summed E-state index contributed by atoms with van der Waals surface area (Å²) in [6.45, 7) is 5.77. The molecule has 0 saturated heterocycles. The molecule has 0 amide bonds. The Morgan fingerprint density at radius 3 is 2.50 bits per heavy atom. The molecule has 0 saturated carbocycles. The van der Waals surface area contributed by atoms with Gasteiger partial charge in [-0.25, -0.2) is 0 Å². The van der Waals surface area contributed by atoms with Crippen LogP contribution in [0.5, 0.6) is 0 Å². The molecule has 0 bridgehead atoms. The summed E-state index contributed by atoms with van der Waals surface area (Å²) in [5.41, 5.74) is 3.73. The Morgan fingerprint density at radius 1 is 1.20 bits per heavy atom. The van der Waals surface area contributed by atoms with E-state index in [9.17, 15) is 0 Å². The molecule has 1 aromatic carbocycles. The van der Waals surface area contributed by atoms with Gasteiger partial charge in [-0.15, -0.1) is 0 Å². The Bertz CT molecular complexity index is 516. The Hall–Kier alpha value is -1.58. The number of benzene rings is 1. The maximum Gasteiger partial charge on any atom is 0.101 e. The lowest BCUT2D eigenvalue weighted by molar-refractivity contribution is 0.202. The lowest BCUT2D eigenvalue weighted by atomic mass is 9.99. The number of hydrogen-bond donors (Lipinski definition) is 1. The zero-order chi connectivity index (χ0) is 14.4. The third-order valence-electron chi connectivity index (χ3n) is 3.40. The van der Waals surface area contributed by atoms with Crippen LogP contribution in [0.15, 0.2) is 41.0 Å². The second-order valence-electron chi connectivity index (χ2n) is 4.97. The molecule has 0 fully saturated rings. The molecule has 2 aromatic rings. The van der Waals surface area contributed by atoms with Crippen LogP contribution in [0.25, 0.3) is 0 Å². The highest BCUT2D eigenvalue weighted by atomic mass is 16.5. The van der Waals surface area contributed by atoms with E-state index in [1.165, 1.54) is 16.7 Å². The van der Waals surface area contributed by atoms with E-state index in [2.05, 4.69) is 42.6 Å². The van der Waals surface area contributed by atoms with Gasteiger partial charge in [-0.2, -0.15) is 0 Å². The first-order valence-corrected chi connectivity index (χ1v) is 7.10. The second-order valence-corrected chi connectivity index (χ2v) is 4.97. The summed E-state index contributed by atoms with van der Waals surface area (Å²) in [6, 6.07) is 11.0. The van der Waals surface area contributed by atoms with Crippen LogP contribution in [0, 0.1) is 6.92 Å². The number of methoxy groups -OCH3 is 1. The lowest BCUT2D eigenvalue weighted by Crippen LogP contribution is -2.21. The third kappa shape index (κ3) is 3.71. The smallest absolute Gasteiger partial charge is 0.101 e. The molecule has 20 heavy (non-hydrogen) atoms. The quantitative estimate of drug-likeness (QED) is 0.838. The highest BCUT2D eigenvalue weighted by Crippen LogP contribution is 2.24. The maximum absolute atomic E-state index is 5.43. The summed E-state index contributed by atoms with van der Waals surface area (Å²) in [4.78, 5) is 0. The average molecular weight is 273 g/mol. The first kappa shape index (κ1) is 14.8. The van der Waals surface area contributed by atoms with E-state index in [4.69, 9.17) is 9.15 Å². The van der Waals surface area contributed by atoms with Crippen molar-refractivity contribution in [3.8, 4) is 0 Å². The van der Waals surface area contributed by atoms with E-state index in [-0.39, 0.29) is 6.04 Å². The standard InChI is InChI=1S/C17H23NO2/c1-4-18-17(16-11-13(2)20-12-16)15-7-5-14(6-8-15)9-10-19-3/h5-8,11-12,17-18H,4,9-10H2,1-3H3. The molecule has 0 aliphatic carbocycles. The first-order valence-electron chi connectivity index (χ1n) is 7.10. The molecule has 0 spiro atoms. The largest absolute Gasteiger partial charge is 0.469 e. The maximum atomic E-state index is 5.43. The molecule has 3 heteroatoms. The van der Waals surface area contributed by atoms with Gasteiger partial charge in [0, 0.05) is 12.7 Å². The monoisotopic (exact) mass is 273 g/mol. The van der Waals surface area contributed by atoms with E-state index in [0.29, 0.717) is 0 Å². The minimum atomic E-state index is 0.189. The molecule has 1 atom stereocenters. The molecule has 0 aliphatic heterocycles. The SMILES string of the molecule is CCNC(c1ccc(CCOC)cc1)c1coc(C)c1. The zero-order valence-corrected chi connectivity index (χ0v) is 12.5. The Labute approximate surface area is 121 Å². The number of hydrogen-bond acceptors (Lipinski definition) is 3. The van der Waals surface area contributed by atoms with Crippen LogP contribution in [0.1, 0.15) is 35.4 Å². The predicted octanol–water partition coefficient (Wildman–Crippen LogP) is 3.48. The van der Waals surface area contributed by atoms with Gasteiger partial charge in [0.15, 0.2) is 0 Å². The topological polar surface area (TPSA) is 34.4 Å². The van der Waals surface area contributed by atoms with Gasteiger partial charge in [-0.05, 0) is 37.1 Å². The van der Waals surface area contributed by atoms with Crippen LogP contribution in [0.2, 0.25) is 0 Å². The van der Waals surface area contributed by atoms with Gasteiger partial charge in [0.25, 0.3) is 0 Å². The zero-order valence-electron chi connectivity index (χ0n) is 12.5. The van der Waals surface area contributed by atoms with Gasteiger partial charge in [0.05, 0.1) is 18.9 Å². The van der Waals surface area contributed by atoms with Gasteiger partial charge in [0.2, 0.25) is 0 Å². The van der Waals surface area contributed by atoms with Gasteiger partial charge >= 0.3 is 0 Å². The summed E-state index contributed by atoms with van der Waals surface area (Å²) in [6.07, 6.45) is 2.79. The summed E-state index contributed by atoms with van der Waals surface area (Å²) >= 11 is 0. The summed E-state index contributed by atoms with van der Waals surface area (Å²) < 4.78 is 10.5. The Balaban J connectivity index is 2.17. The summed E-state index contributed by atoms with van der Waals surface area (Å²) in [7, 11) is 1.73. The van der Waals surface area contributed by atoms with Gasteiger partial charge < -0.3 is 14.5 Å². The van der Waals surface area contributed by atoms with Crippen molar-refractivity contribution >= 4 is 0 Å². The fourth-order valence-electron chi connectivity index (χ4n) is 2.34. The van der Waals surface area contributed by atoms with Crippen molar-refractivity contribution in [1.82, 2.24) is 5.32 Å². The van der Waals surface area contributed by atoms with Crippen molar-refractivity contribution < 1.29 is 9.15 Å². The van der Waals surface area contributed by atoms with Gasteiger partial charge in [-0.1, -0.05) is 31.2 Å². The molecule has 0 aliphatic rings. The molecule has 1 aromatic heterocycles.